The number of aliphatic hydroxyl groups excluding tert-OH is 1. The Morgan fingerprint density at radius 3 is 2.45 bits per heavy atom. The zero-order chi connectivity index (χ0) is 23.4. The third-order valence-corrected chi connectivity index (χ3v) is 5.57. The minimum atomic E-state index is -0.858. The lowest BCUT2D eigenvalue weighted by atomic mass is 9.95. The van der Waals surface area contributed by atoms with Crippen LogP contribution in [0.15, 0.2) is 70.8 Å². The molecule has 7 heteroatoms. The summed E-state index contributed by atoms with van der Waals surface area (Å²) in [6.45, 7) is 4.46. The van der Waals surface area contributed by atoms with E-state index in [2.05, 4.69) is 12.1 Å². The number of rotatable bonds is 8. The molecule has 1 aromatic heterocycles. The third kappa shape index (κ3) is 4.53. The molecule has 0 aliphatic carbocycles. The smallest absolute Gasteiger partial charge is 0.301 e. The van der Waals surface area contributed by atoms with Gasteiger partial charge in [-0.2, -0.15) is 0 Å². The predicted molar refractivity (Wildman–Crippen MR) is 124 cm³/mol. The van der Waals surface area contributed by atoms with Crippen molar-refractivity contribution in [2.75, 3.05) is 11.5 Å². The fourth-order valence-corrected chi connectivity index (χ4v) is 3.89. The zero-order valence-electron chi connectivity index (χ0n) is 18.7. The van der Waals surface area contributed by atoms with Gasteiger partial charge >= 0.3 is 5.91 Å². The molecule has 0 saturated carbocycles. The molecule has 1 fully saturated rings. The van der Waals surface area contributed by atoms with Crippen molar-refractivity contribution in [3.05, 3.63) is 83.1 Å². The first-order valence-electron chi connectivity index (χ1n) is 11.0. The van der Waals surface area contributed by atoms with Crippen LogP contribution in [-0.2, 0) is 9.59 Å². The summed E-state index contributed by atoms with van der Waals surface area (Å²) in [5.74, 6) is -0.364. The van der Waals surface area contributed by atoms with Gasteiger partial charge in [0.05, 0.1) is 18.2 Å². The highest BCUT2D eigenvalue weighted by Gasteiger charge is 2.48. The number of carbonyl (C=O) groups is 2. The molecule has 1 saturated heterocycles. The normalized spacial score (nSPS) is 17.5. The van der Waals surface area contributed by atoms with Gasteiger partial charge < -0.3 is 14.4 Å². The van der Waals surface area contributed by atoms with Gasteiger partial charge in [0.25, 0.3) is 5.78 Å². The highest BCUT2D eigenvalue weighted by atomic mass is 16.5. The molecule has 1 atom stereocenters. The average molecular weight is 447 g/mol. The first kappa shape index (κ1) is 22.3. The lowest BCUT2D eigenvalue weighted by molar-refractivity contribution is -0.132. The van der Waals surface area contributed by atoms with Gasteiger partial charge in [-0.3, -0.25) is 14.5 Å². The summed E-state index contributed by atoms with van der Waals surface area (Å²) >= 11 is 0. The maximum Gasteiger partial charge on any atom is 0.301 e. The SMILES string of the molecule is CCCCCOc1ccc(C2C(=C(O)c3ccccc3)C(=O)C(=O)N2c2cc(C)on2)cc1. The van der Waals surface area contributed by atoms with Crippen molar-refractivity contribution in [1.82, 2.24) is 5.16 Å². The summed E-state index contributed by atoms with van der Waals surface area (Å²) in [6.07, 6.45) is 3.19. The average Bonchev–Trinajstić information content (AvgIpc) is 3.38. The van der Waals surface area contributed by atoms with Crippen LogP contribution in [0.1, 0.15) is 49.1 Å². The number of anilines is 1. The van der Waals surface area contributed by atoms with Gasteiger partial charge in [0.1, 0.15) is 17.3 Å². The van der Waals surface area contributed by atoms with Crippen LogP contribution in [0.4, 0.5) is 5.82 Å². The molecule has 0 bridgehead atoms. The van der Waals surface area contributed by atoms with E-state index in [0.29, 0.717) is 29.2 Å². The maximum atomic E-state index is 13.1. The molecule has 3 aromatic rings. The molecule has 1 unspecified atom stereocenters. The Labute approximate surface area is 192 Å². The highest BCUT2D eigenvalue weighted by Crippen LogP contribution is 2.42. The molecule has 4 rings (SSSR count). The van der Waals surface area contributed by atoms with E-state index in [4.69, 9.17) is 9.26 Å². The Morgan fingerprint density at radius 1 is 1.09 bits per heavy atom. The number of amides is 1. The van der Waals surface area contributed by atoms with Crippen molar-refractivity contribution in [1.29, 1.82) is 0 Å². The molecule has 1 aliphatic rings. The zero-order valence-corrected chi connectivity index (χ0v) is 18.7. The van der Waals surface area contributed by atoms with Crippen molar-refractivity contribution in [2.45, 2.75) is 39.2 Å². The summed E-state index contributed by atoms with van der Waals surface area (Å²) in [7, 11) is 0. The second kappa shape index (κ2) is 9.73. The minimum Gasteiger partial charge on any atom is -0.507 e. The topological polar surface area (TPSA) is 92.9 Å². The lowest BCUT2D eigenvalue weighted by Crippen LogP contribution is -2.29. The van der Waals surface area contributed by atoms with Crippen LogP contribution in [-0.4, -0.2) is 28.6 Å². The first-order valence-corrected chi connectivity index (χ1v) is 11.0. The molecule has 7 nitrogen and oxygen atoms in total. The molecular weight excluding hydrogens is 420 g/mol. The number of Topliss-reactive ketones (excluding diaryl/α,β-unsaturated/α-hetero) is 1. The van der Waals surface area contributed by atoms with E-state index in [1.54, 1.807) is 61.5 Å². The van der Waals surface area contributed by atoms with E-state index in [0.717, 1.165) is 19.3 Å². The van der Waals surface area contributed by atoms with E-state index in [-0.39, 0.29) is 17.2 Å². The Kier molecular flexibility index (Phi) is 6.58. The van der Waals surface area contributed by atoms with E-state index in [1.165, 1.54) is 4.90 Å². The highest BCUT2D eigenvalue weighted by molar-refractivity contribution is 6.51. The van der Waals surface area contributed by atoms with Gasteiger partial charge in [-0.25, -0.2) is 0 Å². The second-order valence-electron chi connectivity index (χ2n) is 7.96. The molecule has 170 valence electrons. The summed E-state index contributed by atoms with van der Waals surface area (Å²) < 4.78 is 10.9. The molecule has 2 heterocycles. The Morgan fingerprint density at radius 2 is 1.82 bits per heavy atom. The van der Waals surface area contributed by atoms with Crippen LogP contribution >= 0.6 is 0 Å². The fourth-order valence-electron chi connectivity index (χ4n) is 3.89. The van der Waals surface area contributed by atoms with Gasteiger partial charge in [-0.1, -0.05) is 67.4 Å². The third-order valence-electron chi connectivity index (χ3n) is 5.57. The summed E-state index contributed by atoms with van der Waals surface area (Å²) in [5.41, 5.74) is 1.10. The molecular formula is C26H26N2O5. The number of benzene rings is 2. The monoisotopic (exact) mass is 446 g/mol. The number of ketones is 1. The van der Waals surface area contributed by atoms with Gasteiger partial charge in [0.15, 0.2) is 5.82 Å². The molecule has 1 amide bonds. The molecule has 1 aliphatic heterocycles. The molecule has 0 spiro atoms. The van der Waals surface area contributed by atoms with Gasteiger partial charge in [-0.15, -0.1) is 0 Å². The summed E-state index contributed by atoms with van der Waals surface area (Å²) in [4.78, 5) is 27.4. The van der Waals surface area contributed by atoms with Gasteiger partial charge in [-0.05, 0) is 31.0 Å². The van der Waals surface area contributed by atoms with Crippen LogP contribution in [0, 0.1) is 6.92 Å². The van der Waals surface area contributed by atoms with Gasteiger partial charge in [0.2, 0.25) is 0 Å². The van der Waals surface area contributed by atoms with Crippen molar-refractivity contribution in [3.8, 4) is 5.75 Å². The number of unbranched alkanes of at least 4 members (excludes halogenated alkanes) is 2. The van der Waals surface area contributed by atoms with E-state index >= 15 is 0 Å². The first-order chi connectivity index (χ1) is 16.0. The lowest BCUT2D eigenvalue weighted by Gasteiger charge is -2.23. The molecule has 33 heavy (non-hydrogen) atoms. The maximum absolute atomic E-state index is 13.1. The quantitative estimate of drug-likeness (QED) is 0.222. The molecule has 0 radical (unpaired) electrons. The molecule has 2 aromatic carbocycles. The Balaban J connectivity index is 1.75. The number of nitrogens with zero attached hydrogens (tertiary/aromatic N) is 2. The largest absolute Gasteiger partial charge is 0.507 e. The number of aryl methyl sites for hydroxylation is 1. The van der Waals surface area contributed by atoms with Crippen molar-refractivity contribution < 1.29 is 24.0 Å². The van der Waals surface area contributed by atoms with Gasteiger partial charge in [0, 0.05) is 11.6 Å². The number of carbonyl (C=O) groups excluding carboxylic acids is 2. The van der Waals surface area contributed by atoms with Crippen molar-refractivity contribution >= 4 is 23.3 Å². The summed E-state index contributed by atoms with van der Waals surface area (Å²) in [5, 5.41) is 15.0. The van der Waals surface area contributed by atoms with Crippen LogP contribution in [0.2, 0.25) is 0 Å². The van der Waals surface area contributed by atoms with E-state index < -0.39 is 17.7 Å². The van der Waals surface area contributed by atoms with E-state index in [9.17, 15) is 14.7 Å². The Hall–Kier alpha value is -3.87. The van der Waals surface area contributed by atoms with E-state index in [1.807, 2.05) is 6.07 Å². The van der Waals surface area contributed by atoms with Crippen LogP contribution in [0.5, 0.6) is 5.75 Å². The van der Waals surface area contributed by atoms with Crippen molar-refractivity contribution in [3.63, 3.8) is 0 Å². The summed E-state index contributed by atoms with van der Waals surface area (Å²) in [6, 6.07) is 16.6. The number of hydrogen-bond donors (Lipinski definition) is 1. The second-order valence-corrected chi connectivity index (χ2v) is 7.96. The van der Waals surface area contributed by atoms with Crippen LogP contribution < -0.4 is 9.64 Å². The van der Waals surface area contributed by atoms with Crippen molar-refractivity contribution in [2.24, 2.45) is 0 Å². The number of ether oxygens (including phenoxy) is 1. The number of aromatic nitrogens is 1. The van der Waals surface area contributed by atoms with Crippen LogP contribution in [0.3, 0.4) is 0 Å². The Bertz CT molecular complexity index is 1160. The predicted octanol–water partition coefficient (Wildman–Crippen LogP) is 5.18. The van der Waals surface area contributed by atoms with Crippen LogP contribution in [0.25, 0.3) is 5.76 Å². The minimum absolute atomic E-state index is 0.00321. The number of hydrogen-bond acceptors (Lipinski definition) is 6. The number of aliphatic hydroxyl groups is 1. The molecule has 1 N–H and O–H groups in total. The fraction of sp³-hybridized carbons (Fsp3) is 0.269. The standard InChI is InChI=1S/C26H26N2O5/c1-3-4-8-15-32-20-13-11-18(12-14-20)23-22(24(29)19-9-6-5-7-10-19)25(30)26(31)28(23)21-16-17(2)33-27-21/h5-7,9-14,16,23,29H,3-4,8,15H2,1-2H3.